The maximum Gasteiger partial charge on any atom is 0.151 e. The number of nitrogens with one attached hydrogen (secondary N) is 1. The van der Waals surface area contributed by atoms with E-state index >= 15 is 0 Å². The van der Waals surface area contributed by atoms with Gasteiger partial charge in [-0.05, 0) is 29.8 Å². The second-order valence-electron chi connectivity index (χ2n) is 4.40. The summed E-state index contributed by atoms with van der Waals surface area (Å²) in [4.78, 5) is 6.11. The highest BCUT2D eigenvalue weighted by Gasteiger charge is 2.06. The van der Waals surface area contributed by atoms with Crippen molar-refractivity contribution in [2.75, 3.05) is 24.3 Å². The lowest BCUT2D eigenvalue weighted by molar-refractivity contribution is 0.580. The molecule has 1 N–H and O–H groups in total. The van der Waals surface area contributed by atoms with Crippen molar-refractivity contribution < 1.29 is 8.78 Å². The first kappa shape index (κ1) is 13.3. The van der Waals surface area contributed by atoms with Crippen molar-refractivity contribution in [3.63, 3.8) is 0 Å². The first-order valence-electron chi connectivity index (χ1n) is 5.87. The Kier molecular flexibility index (Phi) is 3.94. The zero-order valence-electron chi connectivity index (χ0n) is 10.8. The molecule has 0 aliphatic carbocycles. The Morgan fingerprint density at radius 3 is 2.47 bits per heavy atom. The Hall–Kier alpha value is -2.17. The zero-order chi connectivity index (χ0) is 13.8. The monoisotopic (exact) mass is 263 g/mol. The van der Waals surface area contributed by atoms with Crippen LogP contribution >= 0.6 is 0 Å². The first-order valence-corrected chi connectivity index (χ1v) is 5.87. The molecule has 2 aromatic rings. The summed E-state index contributed by atoms with van der Waals surface area (Å²) in [6.45, 7) is 0.335. The van der Waals surface area contributed by atoms with E-state index in [9.17, 15) is 8.78 Å². The molecular formula is C14H15F2N3. The number of anilines is 2. The predicted octanol–water partition coefficient (Wildman–Crippen LogP) is 3.04. The molecule has 0 spiro atoms. The molecule has 0 radical (unpaired) electrons. The molecule has 0 aliphatic heterocycles. The Bertz CT molecular complexity index is 550. The molecule has 1 aromatic carbocycles. The maximum absolute atomic E-state index is 13.1. The molecule has 100 valence electrons. The highest BCUT2D eigenvalue weighted by atomic mass is 19.1. The molecule has 0 saturated heterocycles. The summed E-state index contributed by atoms with van der Waals surface area (Å²) in [6, 6.07) is 7.15. The molecule has 5 heteroatoms. The molecule has 0 amide bonds. The summed E-state index contributed by atoms with van der Waals surface area (Å²) in [5, 5.41) is 3.13. The number of aromatic nitrogens is 1. The number of nitrogens with zero attached hydrogens (tertiary/aromatic N) is 2. The lowest BCUT2D eigenvalue weighted by Gasteiger charge is -2.16. The van der Waals surface area contributed by atoms with Crippen LogP contribution in [0.4, 0.5) is 20.3 Å². The first-order chi connectivity index (χ1) is 9.06. The lowest BCUT2D eigenvalue weighted by atomic mass is 10.2. The van der Waals surface area contributed by atoms with E-state index in [1.54, 1.807) is 6.20 Å². The standard InChI is InChI=1S/C14H15F2N3/c1-19(2)14-13(4-3-5-17-14)18-9-10-6-11(15)8-12(16)7-10/h3-8,18H,9H2,1-2H3. The Balaban J connectivity index is 2.14. The largest absolute Gasteiger partial charge is 0.378 e. The van der Waals surface area contributed by atoms with Crippen LogP contribution in [-0.4, -0.2) is 19.1 Å². The van der Waals surface area contributed by atoms with Gasteiger partial charge in [-0.15, -0.1) is 0 Å². The van der Waals surface area contributed by atoms with Crippen LogP contribution in [0, 0.1) is 11.6 Å². The van der Waals surface area contributed by atoms with Gasteiger partial charge in [0.1, 0.15) is 11.6 Å². The van der Waals surface area contributed by atoms with Gasteiger partial charge in [0, 0.05) is 32.9 Å². The highest BCUT2D eigenvalue weighted by molar-refractivity contribution is 5.64. The SMILES string of the molecule is CN(C)c1ncccc1NCc1cc(F)cc(F)c1. The van der Waals surface area contributed by atoms with Crippen molar-refractivity contribution in [3.8, 4) is 0 Å². The maximum atomic E-state index is 13.1. The minimum Gasteiger partial charge on any atom is -0.378 e. The summed E-state index contributed by atoms with van der Waals surface area (Å²) < 4.78 is 26.1. The van der Waals surface area contributed by atoms with Gasteiger partial charge in [-0.1, -0.05) is 0 Å². The predicted molar refractivity (Wildman–Crippen MR) is 72.2 cm³/mol. The second-order valence-corrected chi connectivity index (χ2v) is 4.40. The van der Waals surface area contributed by atoms with E-state index in [0.29, 0.717) is 12.1 Å². The van der Waals surface area contributed by atoms with Gasteiger partial charge in [-0.2, -0.15) is 0 Å². The average Bonchev–Trinajstić information content (AvgIpc) is 2.35. The van der Waals surface area contributed by atoms with Gasteiger partial charge in [0.15, 0.2) is 5.82 Å². The van der Waals surface area contributed by atoms with Crippen LogP contribution in [-0.2, 0) is 6.54 Å². The fourth-order valence-electron chi connectivity index (χ4n) is 1.80. The van der Waals surface area contributed by atoms with Crippen molar-refractivity contribution in [3.05, 3.63) is 53.7 Å². The minimum atomic E-state index is -0.573. The molecule has 3 nitrogen and oxygen atoms in total. The van der Waals surface area contributed by atoms with Gasteiger partial charge < -0.3 is 10.2 Å². The van der Waals surface area contributed by atoms with Crippen molar-refractivity contribution in [1.82, 2.24) is 4.98 Å². The van der Waals surface area contributed by atoms with Crippen molar-refractivity contribution in [2.45, 2.75) is 6.54 Å². The third-order valence-corrected chi connectivity index (χ3v) is 2.62. The molecule has 1 aromatic heterocycles. The van der Waals surface area contributed by atoms with Crippen LogP contribution in [0.3, 0.4) is 0 Å². The van der Waals surface area contributed by atoms with Gasteiger partial charge in [-0.3, -0.25) is 0 Å². The van der Waals surface area contributed by atoms with Gasteiger partial charge >= 0.3 is 0 Å². The van der Waals surface area contributed by atoms with Crippen molar-refractivity contribution in [2.24, 2.45) is 0 Å². The molecule has 0 unspecified atom stereocenters. The van der Waals surface area contributed by atoms with E-state index in [0.717, 1.165) is 17.6 Å². The van der Waals surface area contributed by atoms with Gasteiger partial charge in [0.2, 0.25) is 0 Å². The van der Waals surface area contributed by atoms with E-state index in [1.807, 2.05) is 31.1 Å². The number of benzene rings is 1. The van der Waals surface area contributed by atoms with Crippen LogP contribution in [0.15, 0.2) is 36.5 Å². The molecule has 0 bridgehead atoms. The fraction of sp³-hybridized carbons (Fsp3) is 0.214. The van der Waals surface area contributed by atoms with Crippen LogP contribution in [0.25, 0.3) is 0 Å². The number of halogens is 2. The topological polar surface area (TPSA) is 28.2 Å². The highest BCUT2D eigenvalue weighted by Crippen LogP contribution is 2.21. The Labute approximate surface area is 110 Å². The zero-order valence-corrected chi connectivity index (χ0v) is 10.8. The summed E-state index contributed by atoms with van der Waals surface area (Å²) >= 11 is 0. The lowest BCUT2D eigenvalue weighted by Crippen LogP contribution is -2.13. The third kappa shape index (κ3) is 3.40. The molecule has 0 aliphatic rings. The average molecular weight is 263 g/mol. The third-order valence-electron chi connectivity index (χ3n) is 2.62. The van der Waals surface area contributed by atoms with Crippen molar-refractivity contribution >= 4 is 11.5 Å². The van der Waals surface area contributed by atoms with Crippen LogP contribution in [0.5, 0.6) is 0 Å². The normalized spacial score (nSPS) is 10.3. The number of rotatable bonds is 4. The fourth-order valence-corrected chi connectivity index (χ4v) is 1.80. The second kappa shape index (κ2) is 5.65. The molecule has 19 heavy (non-hydrogen) atoms. The van der Waals surface area contributed by atoms with Gasteiger partial charge in [0.05, 0.1) is 5.69 Å². The van der Waals surface area contributed by atoms with Crippen LogP contribution < -0.4 is 10.2 Å². The molecule has 0 fully saturated rings. The summed E-state index contributed by atoms with van der Waals surface area (Å²) in [7, 11) is 3.77. The summed E-state index contributed by atoms with van der Waals surface area (Å²) in [5.41, 5.74) is 1.36. The summed E-state index contributed by atoms with van der Waals surface area (Å²) in [5.74, 6) is -0.369. The quantitative estimate of drug-likeness (QED) is 0.919. The molecular weight excluding hydrogens is 248 g/mol. The van der Waals surface area contributed by atoms with E-state index in [-0.39, 0.29) is 0 Å². The van der Waals surface area contributed by atoms with Crippen molar-refractivity contribution in [1.29, 1.82) is 0 Å². The molecule has 0 atom stereocenters. The summed E-state index contributed by atoms with van der Waals surface area (Å²) in [6.07, 6.45) is 1.70. The number of hydrogen-bond donors (Lipinski definition) is 1. The number of pyridine rings is 1. The Morgan fingerprint density at radius 2 is 1.84 bits per heavy atom. The number of hydrogen-bond acceptors (Lipinski definition) is 3. The van der Waals surface area contributed by atoms with E-state index in [4.69, 9.17) is 0 Å². The van der Waals surface area contributed by atoms with Gasteiger partial charge in [-0.25, -0.2) is 13.8 Å². The van der Waals surface area contributed by atoms with Crippen LogP contribution in [0.1, 0.15) is 5.56 Å². The smallest absolute Gasteiger partial charge is 0.151 e. The van der Waals surface area contributed by atoms with E-state index < -0.39 is 11.6 Å². The molecule has 1 heterocycles. The van der Waals surface area contributed by atoms with E-state index in [2.05, 4.69) is 10.3 Å². The Morgan fingerprint density at radius 1 is 1.16 bits per heavy atom. The molecule has 0 saturated carbocycles. The van der Waals surface area contributed by atoms with Crippen LogP contribution in [0.2, 0.25) is 0 Å². The van der Waals surface area contributed by atoms with E-state index in [1.165, 1.54) is 12.1 Å². The van der Waals surface area contributed by atoms with Gasteiger partial charge in [0.25, 0.3) is 0 Å². The molecule has 2 rings (SSSR count). The minimum absolute atomic E-state index is 0.335.